The van der Waals surface area contributed by atoms with Crippen LogP contribution in [0.1, 0.15) is 57.4 Å². The standard InChI is InChI=1S/C17H26FNO/c1-2-14(19)11-13-9-10-17(16(18)12-13)20-15-7-5-3-4-6-8-15/h9-10,12,14-15H,2-8,11,19H2,1H3. The lowest BCUT2D eigenvalue weighted by molar-refractivity contribution is 0.176. The van der Waals surface area contributed by atoms with Gasteiger partial charge in [0.25, 0.3) is 0 Å². The van der Waals surface area contributed by atoms with Crippen LogP contribution in [0.4, 0.5) is 4.39 Å². The Balaban J connectivity index is 1.98. The molecule has 0 bridgehead atoms. The summed E-state index contributed by atoms with van der Waals surface area (Å²) in [4.78, 5) is 0. The lowest BCUT2D eigenvalue weighted by Gasteiger charge is -2.18. The first kappa shape index (κ1) is 15.3. The van der Waals surface area contributed by atoms with Gasteiger partial charge in [0.05, 0.1) is 6.10 Å². The Kier molecular flexibility index (Phi) is 5.84. The first-order valence-electron chi connectivity index (χ1n) is 7.89. The molecule has 1 fully saturated rings. The summed E-state index contributed by atoms with van der Waals surface area (Å²) in [6.07, 6.45) is 8.82. The molecule has 2 rings (SSSR count). The zero-order chi connectivity index (χ0) is 14.4. The Morgan fingerprint density at radius 1 is 1.25 bits per heavy atom. The molecule has 0 spiro atoms. The van der Waals surface area contributed by atoms with Gasteiger partial charge >= 0.3 is 0 Å². The van der Waals surface area contributed by atoms with E-state index in [1.54, 1.807) is 12.1 Å². The molecule has 0 aromatic heterocycles. The van der Waals surface area contributed by atoms with Crippen LogP contribution in [-0.2, 0) is 6.42 Å². The van der Waals surface area contributed by atoms with Gasteiger partial charge in [0, 0.05) is 6.04 Å². The minimum Gasteiger partial charge on any atom is -0.487 e. The van der Waals surface area contributed by atoms with E-state index in [0.717, 1.165) is 31.2 Å². The molecule has 0 radical (unpaired) electrons. The molecular formula is C17H26FNO. The number of halogens is 1. The van der Waals surface area contributed by atoms with Crippen molar-refractivity contribution in [1.82, 2.24) is 0 Å². The number of hydrogen-bond donors (Lipinski definition) is 1. The topological polar surface area (TPSA) is 35.2 Å². The third-order valence-electron chi connectivity index (χ3n) is 4.11. The summed E-state index contributed by atoms with van der Waals surface area (Å²) in [6, 6.07) is 5.37. The number of nitrogens with two attached hydrogens (primary N) is 1. The fourth-order valence-electron chi connectivity index (χ4n) is 2.75. The zero-order valence-corrected chi connectivity index (χ0v) is 12.4. The van der Waals surface area contributed by atoms with Crippen molar-refractivity contribution in [1.29, 1.82) is 0 Å². The van der Waals surface area contributed by atoms with Gasteiger partial charge in [0.2, 0.25) is 0 Å². The number of benzene rings is 1. The lowest BCUT2D eigenvalue weighted by atomic mass is 10.0. The predicted molar refractivity (Wildman–Crippen MR) is 80.5 cm³/mol. The van der Waals surface area contributed by atoms with Crippen LogP contribution in [0.2, 0.25) is 0 Å². The van der Waals surface area contributed by atoms with Gasteiger partial charge in [-0.05, 0) is 56.2 Å². The van der Waals surface area contributed by atoms with Crippen LogP contribution < -0.4 is 10.5 Å². The molecule has 0 saturated heterocycles. The fourth-order valence-corrected chi connectivity index (χ4v) is 2.75. The van der Waals surface area contributed by atoms with Crippen molar-refractivity contribution < 1.29 is 9.13 Å². The molecule has 1 aliphatic carbocycles. The van der Waals surface area contributed by atoms with E-state index in [0.29, 0.717) is 5.75 Å². The van der Waals surface area contributed by atoms with Crippen LogP contribution >= 0.6 is 0 Å². The van der Waals surface area contributed by atoms with Gasteiger partial charge in [0.1, 0.15) is 0 Å². The third kappa shape index (κ3) is 4.48. The van der Waals surface area contributed by atoms with E-state index < -0.39 is 0 Å². The van der Waals surface area contributed by atoms with E-state index in [9.17, 15) is 4.39 Å². The highest BCUT2D eigenvalue weighted by molar-refractivity contribution is 5.30. The largest absolute Gasteiger partial charge is 0.487 e. The molecule has 2 N–H and O–H groups in total. The van der Waals surface area contributed by atoms with E-state index in [1.807, 2.05) is 13.0 Å². The van der Waals surface area contributed by atoms with Crippen molar-refractivity contribution in [2.24, 2.45) is 5.73 Å². The molecule has 2 nitrogen and oxygen atoms in total. The van der Waals surface area contributed by atoms with Gasteiger partial charge in [-0.2, -0.15) is 0 Å². The van der Waals surface area contributed by atoms with Gasteiger partial charge in [0.15, 0.2) is 11.6 Å². The van der Waals surface area contributed by atoms with E-state index in [2.05, 4.69) is 0 Å². The second-order valence-corrected chi connectivity index (χ2v) is 5.87. The second kappa shape index (κ2) is 7.63. The molecule has 1 saturated carbocycles. The average molecular weight is 279 g/mol. The van der Waals surface area contributed by atoms with Crippen LogP contribution in [0.3, 0.4) is 0 Å². The van der Waals surface area contributed by atoms with Gasteiger partial charge in [-0.3, -0.25) is 0 Å². The van der Waals surface area contributed by atoms with Crippen molar-refractivity contribution in [3.63, 3.8) is 0 Å². The molecule has 1 aliphatic rings. The van der Waals surface area contributed by atoms with E-state index >= 15 is 0 Å². The molecule has 0 aliphatic heterocycles. The maximum atomic E-state index is 14.1. The lowest BCUT2D eigenvalue weighted by Crippen LogP contribution is -2.21. The van der Waals surface area contributed by atoms with Crippen molar-refractivity contribution in [2.45, 2.75) is 70.4 Å². The zero-order valence-electron chi connectivity index (χ0n) is 12.4. The van der Waals surface area contributed by atoms with Crippen LogP contribution in [0.5, 0.6) is 5.75 Å². The molecule has 3 heteroatoms. The summed E-state index contributed by atoms with van der Waals surface area (Å²) in [7, 11) is 0. The monoisotopic (exact) mass is 279 g/mol. The summed E-state index contributed by atoms with van der Waals surface area (Å²) in [6.45, 7) is 2.05. The maximum absolute atomic E-state index is 14.1. The number of ether oxygens (including phenoxy) is 1. The minimum atomic E-state index is -0.255. The first-order valence-corrected chi connectivity index (χ1v) is 7.89. The molecule has 1 unspecified atom stereocenters. The second-order valence-electron chi connectivity index (χ2n) is 5.87. The summed E-state index contributed by atoms with van der Waals surface area (Å²) < 4.78 is 19.9. The first-order chi connectivity index (χ1) is 9.69. The van der Waals surface area contributed by atoms with Gasteiger partial charge < -0.3 is 10.5 Å². The predicted octanol–water partition coefficient (Wildman–Crippen LogP) is 4.21. The summed E-state index contributed by atoms with van der Waals surface area (Å²) >= 11 is 0. The average Bonchev–Trinajstić information content (AvgIpc) is 2.70. The molecular weight excluding hydrogens is 253 g/mol. The molecule has 0 heterocycles. The van der Waals surface area contributed by atoms with Crippen LogP contribution in [0, 0.1) is 5.82 Å². The van der Waals surface area contributed by atoms with Gasteiger partial charge in [-0.1, -0.05) is 25.8 Å². The normalized spacial score (nSPS) is 18.6. The minimum absolute atomic E-state index is 0.100. The smallest absolute Gasteiger partial charge is 0.165 e. The molecule has 112 valence electrons. The van der Waals surface area contributed by atoms with E-state index in [4.69, 9.17) is 10.5 Å². The Labute approximate surface area is 121 Å². The Bertz CT molecular complexity index is 413. The highest BCUT2D eigenvalue weighted by Gasteiger charge is 2.16. The quantitative estimate of drug-likeness (QED) is 0.820. The molecule has 1 aromatic carbocycles. The summed E-state index contributed by atoms with van der Waals surface area (Å²) in [5, 5.41) is 0. The van der Waals surface area contributed by atoms with Crippen LogP contribution in [-0.4, -0.2) is 12.1 Å². The van der Waals surface area contributed by atoms with Crippen molar-refractivity contribution in [3.05, 3.63) is 29.6 Å². The Hall–Kier alpha value is -1.09. The van der Waals surface area contributed by atoms with Crippen LogP contribution in [0.25, 0.3) is 0 Å². The summed E-state index contributed by atoms with van der Waals surface area (Å²) in [5.74, 6) is 0.140. The fraction of sp³-hybridized carbons (Fsp3) is 0.647. The molecule has 1 atom stereocenters. The number of hydrogen-bond acceptors (Lipinski definition) is 2. The number of rotatable bonds is 5. The highest BCUT2D eigenvalue weighted by atomic mass is 19.1. The van der Waals surface area contributed by atoms with Crippen molar-refractivity contribution in [2.75, 3.05) is 0 Å². The van der Waals surface area contributed by atoms with E-state index in [1.165, 1.54) is 25.7 Å². The van der Waals surface area contributed by atoms with Gasteiger partial charge in [-0.25, -0.2) is 4.39 Å². The van der Waals surface area contributed by atoms with Crippen molar-refractivity contribution >= 4 is 0 Å². The summed E-state index contributed by atoms with van der Waals surface area (Å²) in [5.41, 5.74) is 6.86. The third-order valence-corrected chi connectivity index (χ3v) is 4.11. The highest BCUT2D eigenvalue weighted by Crippen LogP contribution is 2.25. The Morgan fingerprint density at radius 2 is 1.95 bits per heavy atom. The molecule has 0 amide bonds. The maximum Gasteiger partial charge on any atom is 0.165 e. The molecule has 1 aromatic rings. The van der Waals surface area contributed by atoms with Crippen molar-refractivity contribution in [3.8, 4) is 5.75 Å². The SMILES string of the molecule is CCC(N)Cc1ccc(OC2CCCCCC2)c(F)c1. The van der Waals surface area contributed by atoms with Gasteiger partial charge in [-0.15, -0.1) is 0 Å². The Morgan fingerprint density at radius 3 is 2.55 bits per heavy atom. The molecule has 20 heavy (non-hydrogen) atoms. The van der Waals surface area contributed by atoms with E-state index in [-0.39, 0.29) is 18.0 Å². The van der Waals surface area contributed by atoms with Crippen LogP contribution in [0.15, 0.2) is 18.2 Å².